The fourth-order valence-electron chi connectivity index (χ4n) is 1.59. The zero-order valence-electron chi connectivity index (χ0n) is 9.72. The molecular weight excluding hydrogens is 280 g/mol. The van der Waals surface area contributed by atoms with Gasteiger partial charge in [-0.3, -0.25) is 9.48 Å². The monoisotopic (exact) mass is 292 g/mol. The Morgan fingerprint density at radius 1 is 1.29 bits per heavy atom. The van der Waals surface area contributed by atoms with Gasteiger partial charge in [0.2, 0.25) is 0 Å². The van der Waals surface area contributed by atoms with E-state index in [-0.39, 0.29) is 6.04 Å². The maximum absolute atomic E-state index is 11.0. The van der Waals surface area contributed by atoms with Gasteiger partial charge >= 0.3 is 0 Å². The Morgan fingerprint density at radius 2 is 1.94 bits per heavy atom. The maximum Gasteiger partial charge on any atom is 0.153 e. The molecule has 0 radical (unpaired) electrons. The second-order valence-electron chi connectivity index (χ2n) is 4.13. The molecule has 0 bridgehead atoms. The summed E-state index contributed by atoms with van der Waals surface area (Å²) in [5.41, 5.74) is 2.32. The van der Waals surface area contributed by atoms with E-state index < -0.39 is 0 Å². The largest absolute Gasteiger partial charge is 0.298 e. The maximum atomic E-state index is 11.0. The summed E-state index contributed by atoms with van der Waals surface area (Å²) in [5.74, 6) is 0. The van der Waals surface area contributed by atoms with Gasteiger partial charge in [-0.05, 0) is 26.0 Å². The fourth-order valence-corrected chi connectivity index (χ4v) is 1.85. The molecule has 2 aromatic rings. The molecule has 2 rings (SSSR count). The van der Waals surface area contributed by atoms with E-state index in [1.54, 1.807) is 10.9 Å². The summed E-state index contributed by atoms with van der Waals surface area (Å²) in [4.78, 5) is 11.0. The molecule has 1 aromatic heterocycles. The number of hydrogen-bond donors (Lipinski definition) is 0. The van der Waals surface area contributed by atoms with Gasteiger partial charge in [0.25, 0.3) is 0 Å². The summed E-state index contributed by atoms with van der Waals surface area (Å²) in [7, 11) is 0. The summed E-state index contributed by atoms with van der Waals surface area (Å²) in [6, 6.07) is 8.03. The van der Waals surface area contributed by atoms with E-state index in [9.17, 15) is 4.79 Å². The number of benzene rings is 1. The van der Waals surface area contributed by atoms with Crippen molar-refractivity contribution < 1.29 is 4.79 Å². The van der Waals surface area contributed by atoms with Crippen LogP contribution >= 0.6 is 15.9 Å². The predicted molar refractivity (Wildman–Crippen MR) is 71.1 cm³/mol. The molecular formula is C13H13BrN2O. The van der Waals surface area contributed by atoms with Gasteiger partial charge in [-0.1, -0.05) is 28.1 Å². The van der Waals surface area contributed by atoms with E-state index >= 15 is 0 Å². The van der Waals surface area contributed by atoms with Crippen LogP contribution in [0.15, 0.2) is 34.9 Å². The zero-order chi connectivity index (χ0) is 12.4. The van der Waals surface area contributed by atoms with Gasteiger partial charge in [0.15, 0.2) is 6.29 Å². The molecule has 0 aliphatic carbocycles. The van der Waals surface area contributed by atoms with Crippen LogP contribution in [0.4, 0.5) is 0 Å². The van der Waals surface area contributed by atoms with E-state index in [0.29, 0.717) is 5.56 Å². The first kappa shape index (κ1) is 12.0. The molecule has 0 aliphatic rings. The first-order valence-corrected chi connectivity index (χ1v) is 6.21. The third-order valence-electron chi connectivity index (χ3n) is 2.53. The van der Waals surface area contributed by atoms with E-state index in [1.165, 1.54) is 0 Å². The predicted octanol–water partition coefficient (Wildman–Crippen LogP) is 3.71. The molecule has 0 aliphatic heterocycles. The van der Waals surface area contributed by atoms with Crippen LogP contribution in [0.25, 0.3) is 11.3 Å². The van der Waals surface area contributed by atoms with Gasteiger partial charge in [-0.2, -0.15) is 5.10 Å². The third kappa shape index (κ3) is 2.47. The molecule has 0 amide bonds. The summed E-state index contributed by atoms with van der Waals surface area (Å²) in [6.07, 6.45) is 2.64. The van der Waals surface area contributed by atoms with Crippen molar-refractivity contribution in [1.82, 2.24) is 9.78 Å². The van der Waals surface area contributed by atoms with E-state index in [0.717, 1.165) is 22.0 Å². The van der Waals surface area contributed by atoms with Crippen molar-refractivity contribution in [2.45, 2.75) is 19.9 Å². The van der Waals surface area contributed by atoms with Crippen molar-refractivity contribution >= 4 is 22.2 Å². The minimum absolute atomic E-state index is 0.248. The van der Waals surface area contributed by atoms with Crippen LogP contribution in [0, 0.1) is 0 Å². The Hall–Kier alpha value is -1.42. The van der Waals surface area contributed by atoms with Crippen LogP contribution in [0.3, 0.4) is 0 Å². The van der Waals surface area contributed by atoms with Crippen molar-refractivity contribution in [3.63, 3.8) is 0 Å². The summed E-state index contributed by atoms with van der Waals surface area (Å²) in [5, 5.41) is 4.45. The number of halogens is 1. The molecule has 0 unspecified atom stereocenters. The van der Waals surface area contributed by atoms with Gasteiger partial charge in [-0.25, -0.2) is 0 Å². The zero-order valence-corrected chi connectivity index (χ0v) is 11.3. The molecule has 3 nitrogen and oxygen atoms in total. The number of carbonyl (C=O) groups excluding carboxylic acids is 1. The highest BCUT2D eigenvalue weighted by Gasteiger charge is 2.11. The van der Waals surface area contributed by atoms with Crippen LogP contribution in [0.2, 0.25) is 0 Å². The number of rotatable bonds is 3. The Kier molecular flexibility index (Phi) is 3.43. The lowest BCUT2D eigenvalue weighted by atomic mass is 10.1. The highest BCUT2D eigenvalue weighted by atomic mass is 79.9. The number of hydrogen-bond acceptors (Lipinski definition) is 2. The van der Waals surface area contributed by atoms with Crippen LogP contribution in [-0.2, 0) is 0 Å². The third-order valence-corrected chi connectivity index (χ3v) is 3.06. The lowest BCUT2D eigenvalue weighted by Gasteiger charge is -2.03. The van der Waals surface area contributed by atoms with Gasteiger partial charge < -0.3 is 0 Å². The topological polar surface area (TPSA) is 34.9 Å². The van der Waals surface area contributed by atoms with Crippen molar-refractivity contribution in [1.29, 1.82) is 0 Å². The van der Waals surface area contributed by atoms with Crippen molar-refractivity contribution in [2.24, 2.45) is 0 Å². The van der Waals surface area contributed by atoms with Crippen LogP contribution in [0.5, 0.6) is 0 Å². The molecule has 0 N–H and O–H groups in total. The van der Waals surface area contributed by atoms with E-state index in [1.807, 2.05) is 38.1 Å². The highest BCUT2D eigenvalue weighted by molar-refractivity contribution is 9.10. The lowest BCUT2D eigenvalue weighted by Crippen LogP contribution is -2.00. The molecule has 0 fully saturated rings. The summed E-state index contributed by atoms with van der Waals surface area (Å²) < 4.78 is 2.82. The van der Waals surface area contributed by atoms with Crippen LogP contribution < -0.4 is 0 Å². The van der Waals surface area contributed by atoms with Gasteiger partial charge in [-0.15, -0.1) is 0 Å². The molecule has 17 heavy (non-hydrogen) atoms. The normalized spacial score (nSPS) is 10.8. The number of nitrogens with zero attached hydrogens (tertiary/aromatic N) is 2. The first-order valence-electron chi connectivity index (χ1n) is 5.42. The number of aldehydes is 1. The average Bonchev–Trinajstić information content (AvgIpc) is 2.74. The molecule has 0 saturated carbocycles. The smallest absolute Gasteiger partial charge is 0.153 e. The molecule has 0 saturated heterocycles. The summed E-state index contributed by atoms with van der Waals surface area (Å²) >= 11 is 3.39. The first-order chi connectivity index (χ1) is 8.11. The van der Waals surface area contributed by atoms with Crippen molar-refractivity contribution in [3.05, 3.63) is 40.5 Å². The standard InChI is InChI=1S/C13H13BrN2O/c1-9(2)16-7-11(8-17)13(15-16)10-3-5-12(14)6-4-10/h3-9H,1-2H3. The van der Waals surface area contributed by atoms with E-state index in [4.69, 9.17) is 0 Å². The van der Waals surface area contributed by atoms with Crippen molar-refractivity contribution in [2.75, 3.05) is 0 Å². The molecule has 1 heterocycles. The molecule has 1 aromatic carbocycles. The van der Waals surface area contributed by atoms with E-state index in [2.05, 4.69) is 21.0 Å². The minimum Gasteiger partial charge on any atom is -0.298 e. The Balaban J connectivity index is 2.50. The average molecular weight is 293 g/mol. The van der Waals surface area contributed by atoms with Gasteiger partial charge in [0, 0.05) is 22.3 Å². The Bertz CT molecular complexity index is 529. The van der Waals surface area contributed by atoms with Crippen LogP contribution in [0.1, 0.15) is 30.2 Å². The molecule has 88 valence electrons. The lowest BCUT2D eigenvalue weighted by molar-refractivity contribution is 0.112. The van der Waals surface area contributed by atoms with Gasteiger partial charge in [0.1, 0.15) is 5.69 Å². The quantitative estimate of drug-likeness (QED) is 0.809. The Morgan fingerprint density at radius 3 is 2.47 bits per heavy atom. The van der Waals surface area contributed by atoms with Gasteiger partial charge in [0.05, 0.1) is 5.56 Å². The molecule has 4 heteroatoms. The number of carbonyl (C=O) groups is 1. The number of aromatic nitrogens is 2. The van der Waals surface area contributed by atoms with Crippen molar-refractivity contribution in [3.8, 4) is 11.3 Å². The highest BCUT2D eigenvalue weighted by Crippen LogP contribution is 2.24. The SMILES string of the molecule is CC(C)n1cc(C=O)c(-c2ccc(Br)cc2)n1. The molecule has 0 spiro atoms. The molecule has 0 atom stereocenters. The summed E-state index contributed by atoms with van der Waals surface area (Å²) in [6.45, 7) is 4.07. The second-order valence-corrected chi connectivity index (χ2v) is 5.05. The van der Waals surface area contributed by atoms with Crippen LogP contribution in [-0.4, -0.2) is 16.1 Å². The second kappa shape index (κ2) is 4.84. The fraction of sp³-hybridized carbons (Fsp3) is 0.231. The minimum atomic E-state index is 0.248. The Labute approximate surface area is 109 Å².